The fourth-order valence-corrected chi connectivity index (χ4v) is 2.87. The molecule has 0 aliphatic heterocycles. The molecule has 0 bridgehead atoms. The predicted molar refractivity (Wildman–Crippen MR) is 112 cm³/mol. The molecule has 6 heteroatoms. The maximum absolute atomic E-state index is 13.1. The molecule has 3 aromatic rings. The van der Waals surface area contributed by atoms with Crippen LogP contribution in [0, 0.1) is 0 Å². The number of hydrogen-bond acceptors (Lipinski definition) is 4. The monoisotopic (exact) mass is 394 g/mol. The van der Waals surface area contributed by atoms with Gasteiger partial charge >= 0.3 is 0 Å². The molecule has 0 N–H and O–H groups in total. The number of carbonyl (C=O) groups is 1. The number of nitrogens with zero attached hydrogens (tertiary/aromatic N) is 4. The van der Waals surface area contributed by atoms with Crippen molar-refractivity contribution in [2.75, 3.05) is 27.2 Å². The molecule has 0 fully saturated rings. The van der Waals surface area contributed by atoms with Crippen LogP contribution in [0.4, 0.5) is 0 Å². The van der Waals surface area contributed by atoms with E-state index in [1.807, 2.05) is 73.6 Å². The Morgan fingerprint density at radius 2 is 1.57 bits per heavy atom. The molecule has 0 atom stereocenters. The third-order valence-electron chi connectivity index (χ3n) is 4.32. The van der Waals surface area contributed by atoms with Crippen molar-refractivity contribution in [1.29, 1.82) is 0 Å². The Balaban J connectivity index is 1.78. The highest BCUT2D eigenvalue weighted by atomic mass is 35.5. The molecule has 1 heterocycles. The van der Waals surface area contributed by atoms with E-state index in [0.29, 0.717) is 29.5 Å². The summed E-state index contributed by atoms with van der Waals surface area (Å²) in [5.41, 5.74) is 2.43. The molecule has 0 unspecified atom stereocenters. The standard InChI is InChI=1S/C22H23ClN4O/c1-26(2)12-13-27(16-17-8-10-20(23)11-9-17)22(28)19-14-24-21(25-15-19)18-6-4-3-5-7-18/h3-11,14-15H,12-13,16H2,1-2H3. The zero-order valence-corrected chi connectivity index (χ0v) is 16.8. The molecule has 0 saturated heterocycles. The highest BCUT2D eigenvalue weighted by Crippen LogP contribution is 2.16. The van der Waals surface area contributed by atoms with Gasteiger partial charge in [0, 0.05) is 42.6 Å². The second kappa shape index (κ2) is 9.44. The molecule has 2 aromatic carbocycles. The van der Waals surface area contributed by atoms with Crippen LogP contribution in [0.5, 0.6) is 0 Å². The minimum absolute atomic E-state index is 0.0867. The van der Waals surface area contributed by atoms with Gasteiger partial charge in [0.05, 0.1) is 5.56 Å². The first kappa shape index (κ1) is 20.0. The minimum Gasteiger partial charge on any atom is -0.333 e. The molecular formula is C22H23ClN4O. The molecule has 0 aliphatic rings. The molecule has 0 radical (unpaired) electrons. The second-order valence-electron chi connectivity index (χ2n) is 6.82. The average molecular weight is 395 g/mol. The fourth-order valence-electron chi connectivity index (χ4n) is 2.74. The van der Waals surface area contributed by atoms with Crippen LogP contribution in [0.2, 0.25) is 5.02 Å². The Labute approximate surface area is 170 Å². The van der Waals surface area contributed by atoms with Crippen molar-refractivity contribution in [3.05, 3.63) is 83.1 Å². The Morgan fingerprint density at radius 1 is 0.929 bits per heavy atom. The number of benzene rings is 2. The molecular weight excluding hydrogens is 372 g/mol. The van der Waals surface area contributed by atoms with Gasteiger partial charge in [-0.1, -0.05) is 54.1 Å². The van der Waals surface area contributed by atoms with Crippen molar-refractivity contribution in [2.45, 2.75) is 6.54 Å². The first-order chi connectivity index (χ1) is 13.5. The lowest BCUT2D eigenvalue weighted by Crippen LogP contribution is -2.36. The van der Waals surface area contributed by atoms with E-state index in [-0.39, 0.29) is 5.91 Å². The van der Waals surface area contributed by atoms with Crippen molar-refractivity contribution in [3.8, 4) is 11.4 Å². The van der Waals surface area contributed by atoms with E-state index in [0.717, 1.165) is 17.7 Å². The van der Waals surface area contributed by atoms with Crippen molar-refractivity contribution < 1.29 is 4.79 Å². The molecule has 1 amide bonds. The summed E-state index contributed by atoms with van der Waals surface area (Å²) in [7, 11) is 3.98. The van der Waals surface area contributed by atoms with Crippen LogP contribution in [0.1, 0.15) is 15.9 Å². The van der Waals surface area contributed by atoms with Crippen LogP contribution in [0.25, 0.3) is 11.4 Å². The van der Waals surface area contributed by atoms with E-state index < -0.39 is 0 Å². The van der Waals surface area contributed by atoms with Crippen LogP contribution in [-0.2, 0) is 6.54 Å². The predicted octanol–water partition coefficient (Wildman–Crippen LogP) is 4.00. The number of carbonyl (C=O) groups excluding carboxylic acids is 1. The third kappa shape index (κ3) is 5.38. The lowest BCUT2D eigenvalue weighted by atomic mass is 10.2. The van der Waals surface area contributed by atoms with Crippen LogP contribution in [0.15, 0.2) is 67.0 Å². The van der Waals surface area contributed by atoms with Gasteiger partial charge in [0.1, 0.15) is 0 Å². The van der Waals surface area contributed by atoms with Crippen molar-refractivity contribution in [1.82, 2.24) is 19.8 Å². The summed E-state index contributed by atoms with van der Waals surface area (Å²) in [6, 6.07) is 17.3. The maximum Gasteiger partial charge on any atom is 0.257 e. The average Bonchev–Trinajstić information content (AvgIpc) is 2.72. The zero-order valence-electron chi connectivity index (χ0n) is 16.0. The summed E-state index contributed by atoms with van der Waals surface area (Å²) < 4.78 is 0. The van der Waals surface area contributed by atoms with Gasteiger partial charge in [-0.2, -0.15) is 0 Å². The van der Waals surface area contributed by atoms with E-state index in [9.17, 15) is 4.79 Å². The molecule has 0 aliphatic carbocycles. The summed E-state index contributed by atoms with van der Waals surface area (Å²) in [6.45, 7) is 1.88. The Kier molecular flexibility index (Phi) is 6.74. The van der Waals surface area contributed by atoms with E-state index in [1.54, 1.807) is 12.4 Å². The number of likely N-dealkylation sites (N-methyl/N-ethyl adjacent to an activating group) is 1. The first-order valence-electron chi connectivity index (χ1n) is 9.09. The normalized spacial score (nSPS) is 10.9. The van der Waals surface area contributed by atoms with Crippen LogP contribution in [0.3, 0.4) is 0 Å². The van der Waals surface area contributed by atoms with Crippen molar-refractivity contribution in [3.63, 3.8) is 0 Å². The maximum atomic E-state index is 13.1. The number of aromatic nitrogens is 2. The van der Waals surface area contributed by atoms with Gasteiger partial charge in [0.15, 0.2) is 5.82 Å². The van der Waals surface area contributed by atoms with Crippen molar-refractivity contribution in [2.24, 2.45) is 0 Å². The summed E-state index contributed by atoms with van der Waals surface area (Å²) >= 11 is 5.97. The fraction of sp³-hybridized carbons (Fsp3) is 0.227. The quantitative estimate of drug-likeness (QED) is 0.607. The van der Waals surface area contributed by atoms with Crippen LogP contribution in [-0.4, -0.2) is 52.9 Å². The smallest absolute Gasteiger partial charge is 0.257 e. The van der Waals surface area contributed by atoms with Gasteiger partial charge in [-0.05, 0) is 31.8 Å². The summed E-state index contributed by atoms with van der Waals surface area (Å²) in [5, 5.41) is 0.680. The third-order valence-corrected chi connectivity index (χ3v) is 4.57. The molecule has 3 rings (SSSR count). The number of hydrogen-bond donors (Lipinski definition) is 0. The summed E-state index contributed by atoms with van der Waals surface area (Å²) in [5.74, 6) is 0.520. The van der Waals surface area contributed by atoms with Gasteiger partial charge in [0.25, 0.3) is 5.91 Å². The molecule has 0 saturated carbocycles. The first-order valence-corrected chi connectivity index (χ1v) is 9.46. The van der Waals surface area contributed by atoms with E-state index in [1.165, 1.54) is 0 Å². The van der Waals surface area contributed by atoms with E-state index in [4.69, 9.17) is 11.6 Å². The van der Waals surface area contributed by atoms with Gasteiger partial charge in [-0.15, -0.1) is 0 Å². The summed E-state index contributed by atoms with van der Waals surface area (Å²) in [6.07, 6.45) is 3.20. The van der Waals surface area contributed by atoms with Gasteiger partial charge in [-0.25, -0.2) is 9.97 Å². The Hall–Kier alpha value is -2.76. The molecule has 1 aromatic heterocycles. The van der Waals surface area contributed by atoms with Gasteiger partial charge < -0.3 is 9.80 Å². The van der Waals surface area contributed by atoms with Crippen molar-refractivity contribution >= 4 is 17.5 Å². The van der Waals surface area contributed by atoms with Crippen LogP contribution < -0.4 is 0 Å². The highest BCUT2D eigenvalue weighted by molar-refractivity contribution is 6.30. The molecule has 0 spiro atoms. The Bertz CT molecular complexity index is 896. The van der Waals surface area contributed by atoms with Crippen LogP contribution >= 0.6 is 11.6 Å². The lowest BCUT2D eigenvalue weighted by Gasteiger charge is -2.24. The topological polar surface area (TPSA) is 49.3 Å². The molecule has 28 heavy (non-hydrogen) atoms. The lowest BCUT2D eigenvalue weighted by molar-refractivity contribution is 0.0731. The van der Waals surface area contributed by atoms with Gasteiger partial charge in [-0.3, -0.25) is 4.79 Å². The number of rotatable bonds is 7. The zero-order chi connectivity index (χ0) is 19.9. The molecule has 144 valence electrons. The number of halogens is 1. The van der Waals surface area contributed by atoms with E-state index >= 15 is 0 Å². The van der Waals surface area contributed by atoms with Gasteiger partial charge in [0.2, 0.25) is 0 Å². The van der Waals surface area contributed by atoms with E-state index in [2.05, 4.69) is 14.9 Å². The minimum atomic E-state index is -0.0867. The number of amides is 1. The second-order valence-corrected chi connectivity index (χ2v) is 7.25. The largest absolute Gasteiger partial charge is 0.333 e. The Morgan fingerprint density at radius 3 is 2.18 bits per heavy atom. The SMILES string of the molecule is CN(C)CCN(Cc1ccc(Cl)cc1)C(=O)c1cnc(-c2ccccc2)nc1. The molecule has 5 nitrogen and oxygen atoms in total. The highest BCUT2D eigenvalue weighted by Gasteiger charge is 2.17. The summed E-state index contributed by atoms with van der Waals surface area (Å²) in [4.78, 5) is 25.7.